The van der Waals surface area contributed by atoms with Gasteiger partial charge in [-0.2, -0.15) is 0 Å². The van der Waals surface area contributed by atoms with E-state index in [0.717, 1.165) is 49.9 Å². The van der Waals surface area contributed by atoms with E-state index in [1.165, 1.54) is 38.5 Å². The molecule has 0 saturated heterocycles. The molecule has 5 fully saturated rings. The summed E-state index contributed by atoms with van der Waals surface area (Å²) in [6, 6.07) is 0. The van der Waals surface area contributed by atoms with Crippen LogP contribution in [-0.4, -0.2) is 28.2 Å². The van der Waals surface area contributed by atoms with E-state index in [1.807, 2.05) is 0 Å². The van der Waals surface area contributed by atoms with Gasteiger partial charge in [0, 0.05) is 11.8 Å². The Balaban J connectivity index is 1.31. The van der Waals surface area contributed by atoms with Crippen molar-refractivity contribution in [3.05, 3.63) is 0 Å². The van der Waals surface area contributed by atoms with Crippen LogP contribution in [0.1, 0.15) is 77.6 Å². The lowest BCUT2D eigenvalue weighted by molar-refractivity contribution is -0.134. The summed E-state index contributed by atoms with van der Waals surface area (Å²) < 4.78 is 0. The molecule has 28 heavy (non-hydrogen) atoms. The fourth-order valence-corrected chi connectivity index (χ4v) is 8.10. The molecule has 5 aliphatic rings. The standard InChI is InChI=1S/C25H36O3/c1-24-11-9-19-18-10-13-25(28,12-8-16-2-3-16)14-17(18)4-5-20(19)21(24)6-7-22(24)23(27)15-26/h16-22,26,28H,2-7,9-11,13-15H2,1H3. The van der Waals surface area contributed by atoms with Crippen LogP contribution in [0.2, 0.25) is 0 Å². The van der Waals surface area contributed by atoms with E-state index in [0.29, 0.717) is 17.8 Å². The molecular formula is C25H36O3. The number of carbonyl (C=O) groups is 1. The summed E-state index contributed by atoms with van der Waals surface area (Å²) in [7, 11) is 0. The zero-order valence-electron chi connectivity index (χ0n) is 17.3. The van der Waals surface area contributed by atoms with Crippen LogP contribution in [0.15, 0.2) is 0 Å². The van der Waals surface area contributed by atoms with Crippen molar-refractivity contribution in [3.63, 3.8) is 0 Å². The first-order valence-corrected chi connectivity index (χ1v) is 11.8. The molecule has 154 valence electrons. The summed E-state index contributed by atoms with van der Waals surface area (Å²) in [6.07, 6.45) is 12.3. The number of rotatable bonds is 2. The topological polar surface area (TPSA) is 57.5 Å². The number of Topliss-reactive ketones (excluding diaryl/α,β-unsaturated/α-hetero) is 1. The number of aliphatic hydroxyl groups is 2. The quantitative estimate of drug-likeness (QED) is 0.709. The van der Waals surface area contributed by atoms with Crippen molar-refractivity contribution in [1.82, 2.24) is 0 Å². The molecule has 8 atom stereocenters. The van der Waals surface area contributed by atoms with E-state index in [9.17, 15) is 15.0 Å². The van der Waals surface area contributed by atoms with E-state index in [1.54, 1.807) is 0 Å². The van der Waals surface area contributed by atoms with Gasteiger partial charge in [-0.25, -0.2) is 0 Å². The first-order valence-electron chi connectivity index (χ1n) is 11.8. The Morgan fingerprint density at radius 1 is 0.964 bits per heavy atom. The SMILES string of the molecule is CC12CCC3C4CCC(O)(C#CC5CC5)CC4CCC3C1CCC2C(=O)CO. The van der Waals surface area contributed by atoms with Crippen molar-refractivity contribution in [2.45, 2.75) is 83.2 Å². The van der Waals surface area contributed by atoms with Gasteiger partial charge in [-0.15, -0.1) is 0 Å². The second-order valence-corrected chi connectivity index (χ2v) is 11.1. The van der Waals surface area contributed by atoms with Gasteiger partial charge in [-0.05, 0) is 106 Å². The molecule has 0 aliphatic heterocycles. The lowest BCUT2D eigenvalue weighted by Gasteiger charge is -2.56. The van der Waals surface area contributed by atoms with E-state index in [4.69, 9.17) is 0 Å². The van der Waals surface area contributed by atoms with Gasteiger partial charge in [0.1, 0.15) is 12.2 Å². The van der Waals surface area contributed by atoms with Crippen molar-refractivity contribution < 1.29 is 15.0 Å². The molecule has 0 aromatic rings. The highest BCUT2D eigenvalue weighted by atomic mass is 16.3. The van der Waals surface area contributed by atoms with Gasteiger partial charge < -0.3 is 10.2 Å². The Kier molecular flexibility index (Phi) is 4.68. The van der Waals surface area contributed by atoms with E-state index in [2.05, 4.69) is 18.8 Å². The fraction of sp³-hybridized carbons (Fsp3) is 0.880. The van der Waals surface area contributed by atoms with E-state index in [-0.39, 0.29) is 23.7 Å². The summed E-state index contributed by atoms with van der Waals surface area (Å²) in [5.74, 6) is 10.9. The lowest BCUT2D eigenvalue weighted by atomic mass is 9.49. The van der Waals surface area contributed by atoms with Crippen molar-refractivity contribution >= 4 is 5.78 Å². The minimum absolute atomic E-state index is 0.0779. The molecule has 3 nitrogen and oxygen atoms in total. The van der Waals surface area contributed by atoms with Crippen LogP contribution >= 0.6 is 0 Å². The number of ketones is 1. The fourth-order valence-electron chi connectivity index (χ4n) is 8.10. The highest BCUT2D eigenvalue weighted by Gasteiger charge is 2.58. The summed E-state index contributed by atoms with van der Waals surface area (Å²) in [6.45, 7) is 2.06. The average molecular weight is 385 g/mol. The second-order valence-electron chi connectivity index (χ2n) is 11.1. The predicted octanol–water partition coefficient (Wildman–Crippen LogP) is 3.96. The lowest BCUT2D eigenvalue weighted by Crippen LogP contribution is -2.51. The Morgan fingerprint density at radius 3 is 2.50 bits per heavy atom. The molecule has 8 unspecified atom stereocenters. The first-order chi connectivity index (χ1) is 13.4. The third kappa shape index (κ3) is 3.07. The molecule has 0 spiro atoms. The molecule has 5 rings (SSSR count). The molecule has 5 saturated carbocycles. The molecule has 0 radical (unpaired) electrons. The Bertz CT molecular complexity index is 700. The second kappa shape index (κ2) is 6.85. The molecule has 0 aromatic carbocycles. The molecule has 2 N–H and O–H groups in total. The van der Waals surface area contributed by atoms with E-state index < -0.39 is 5.60 Å². The largest absolute Gasteiger partial charge is 0.389 e. The highest BCUT2D eigenvalue weighted by Crippen LogP contribution is 2.64. The molecule has 0 aromatic heterocycles. The van der Waals surface area contributed by atoms with Crippen LogP contribution in [-0.2, 0) is 4.79 Å². The van der Waals surface area contributed by atoms with Crippen molar-refractivity contribution in [1.29, 1.82) is 0 Å². The van der Waals surface area contributed by atoms with E-state index >= 15 is 0 Å². The minimum atomic E-state index is -0.730. The zero-order chi connectivity index (χ0) is 19.5. The number of carbonyl (C=O) groups excluding carboxylic acids is 1. The maximum Gasteiger partial charge on any atom is 0.161 e. The molecule has 0 amide bonds. The van der Waals surface area contributed by atoms with Gasteiger partial charge in [0.2, 0.25) is 0 Å². The van der Waals surface area contributed by atoms with Crippen LogP contribution in [0, 0.1) is 58.7 Å². The smallest absolute Gasteiger partial charge is 0.161 e. The number of fused-ring (bicyclic) bond motifs is 5. The van der Waals surface area contributed by atoms with Crippen LogP contribution in [0.25, 0.3) is 0 Å². The van der Waals surface area contributed by atoms with Crippen LogP contribution < -0.4 is 0 Å². The van der Waals surface area contributed by atoms with Crippen LogP contribution in [0.5, 0.6) is 0 Å². The predicted molar refractivity (Wildman–Crippen MR) is 108 cm³/mol. The van der Waals surface area contributed by atoms with Crippen LogP contribution in [0.4, 0.5) is 0 Å². The van der Waals surface area contributed by atoms with Gasteiger partial charge >= 0.3 is 0 Å². The summed E-state index contributed by atoms with van der Waals surface area (Å²) in [5.41, 5.74) is -0.620. The molecule has 0 heterocycles. The Morgan fingerprint density at radius 2 is 1.75 bits per heavy atom. The molecular weight excluding hydrogens is 348 g/mol. The summed E-state index contributed by atoms with van der Waals surface area (Å²) in [4.78, 5) is 12.4. The third-order valence-electron chi connectivity index (χ3n) is 9.64. The highest BCUT2D eigenvalue weighted by molar-refractivity contribution is 5.83. The Labute approximate surface area is 169 Å². The average Bonchev–Trinajstić information content (AvgIpc) is 3.45. The monoisotopic (exact) mass is 384 g/mol. The normalized spacial score (nSPS) is 50.0. The molecule has 3 heteroatoms. The van der Waals surface area contributed by atoms with Gasteiger partial charge in [0.15, 0.2) is 5.78 Å². The maximum absolute atomic E-state index is 12.4. The molecule has 0 bridgehead atoms. The maximum atomic E-state index is 12.4. The summed E-state index contributed by atoms with van der Waals surface area (Å²) in [5, 5.41) is 20.5. The van der Waals surface area contributed by atoms with Gasteiger partial charge in [-0.3, -0.25) is 4.79 Å². The number of hydrogen-bond acceptors (Lipinski definition) is 3. The first kappa shape index (κ1) is 19.1. The zero-order valence-corrected chi connectivity index (χ0v) is 17.3. The molecule has 5 aliphatic carbocycles. The summed E-state index contributed by atoms with van der Waals surface area (Å²) >= 11 is 0. The van der Waals surface area contributed by atoms with Crippen molar-refractivity contribution in [3.8, 4) is 11.8 Å². The van der Waals surface area contributed by atoms with Gasteiger partial charge in [-0.1, -0.05) is 18.8 Å². The Hall–Kier alpha value is -0.850. The van der Waals surface area contributed by atoms with Crippen molar-refractivity contribution in [2.24, 2.45) is 46.8 Å². The van der Waals surface area contributed by atoms with Crippen LogP contribution in [0.3, 0.4) is 0 Å². The number of hydrogen-bond donors (Lipinski definition) is 2. The number of aliphatic hydroxyl groups excluding tert-OH is 1. The third-order valence-corrected chi connectivity index (χ3v) is 9.64. The van der Waals surface area contributed by atoms with Gasteiger partial charge in [0.05, 0.1) is 0 Å². The minimum Gasteiger partial charge on any atom is -0.389 e. The van der Waals surface area contributed by atoms with Gasteiger partial charge in [0.25, 0.3) is 0 Å². The van der Waals surface area contributed by atoms with Crippen molar-refractivity contribution in [2.75, 3.05) is 6.61 Å².